The molecule has 3 rings (SSSR count). The molecule has 124 valence electrons. The van der Waals surface area contributed by atoms with Crippen LogP contribution in [0.2, 0.25) is 0 Å². The van der Waals surface area contributed by atoms with Crippen molar-refractivity contribution in [3.63, 3.8) is 0 Å². The van der Waals surface area contributed by atoms with Gasteiger partial charge in [-0.15, -0.1) is 12.4 Å². The molecular weight excluding hydrogens is 298 g/mol. The molecule has 1 aromatic rings. The number of aliphatic hydroxyl groups excluding tert-OH is 1. The number of aliphatic hydroxyl groups is 1. The Kier molecular flexibility index (Phi) is 6.50. The number of hydrogen-bond acceptors (Lipinski definition) is 4. The first-order valence-electron chi connectivity index (χ1n) is 8.20. The maximum absolute atomic E-state index is 9.32. The average molecular weight is 326 g/mol. The summed E-state index contributed by atoms with van der Waals surface area (Å²) in [7, 11) is 0. The molecule has 2 aliphatic heterocycles. The van der Waals surface area contributed by atoms with Gasteiger partial charge in [-0.3, -0.25) is 9.80 Å². The van der Waals surface area contributed by atoms with Gasteiger partial charge in [-0.25, -0.2) is 0 Å². The fraction of sp³-hybridized carbons (Fsp3) is 0.647. The maximum Gasteiger partial charge on any atom is 0.0584 e. The van der Waals surface area contributed by atoms with Crippen molar-refractivity contribution < 1.29 is 5.11 Å². The van der Waals surface area contributed by atoms with E-state index in [0.29, 0.717) is 0 Å². The quantitative estimate of drug-likeness (QED) is 0.887. The summed E-state index contributed by atoms with van der Waals surface area (Å²) in [5.41, 5.74) is 4.29. The summed E-state index contributed by atoms with van der Waals surface area (Å²) in [6, 6.07) is 6.98. The summed E-state index contributed by atoms with van der Waals surface area (Å²) in [5, 5.41) is 12.9. The summed E-state index contributed by atoms with van der Waals surface area (Å²) in [6.45, 7) is 8.89. The van der Waals surface area contributed by atoms with Gasteiger partial charge in [0.05, 0.1) is 6.61 Å². The van der Waals surface area contributed by atoms with E-state index in [1.54, 1.807) is 0 Å². The normalized spacial score (nSPS) is 20.6. The van der Waals surface area contributed by atoms with E-state index < -0.39 is 0 Å². The van der Waals surface area contributed by atoms with Gasteiger partial charge >= 0.3 is 0 Å². The number of halogens is 1. The molecule has 5 heteroatoms. The highest BCUT2D eigenvalue weighted by molar-refractivity contribution is 5.85. The van der Waals surface area contributed by atoms with Crippen molar-refractivity contribution in [1.29, 1.82) is 0 Å². The van der Waals surface area contributed by atoms with Gasteiger partial charge in [0, 0.05) is 37.9 Å². The number of nitrogens with zero attached hydrogens (tertiary/aromatic N) is 2. The Morgan fingerprint density at radius 2 is 2.09 bits per heavy atom. The summed E-state index contributed by atoms with van der Waals surface area (Å²) >= 11 is 0. The fourth-order valence-corrected chi connectivity index (χ4v) is 3.49. The molecule has 1 fully saturated rings. The summed E-state index contributed by atoms with van der Waals surface area (Å²) < 4.78 is 0. The Balaban J connectivity index is 0.00000176. The zero-order valence-corrected chi connectivity index (χ0v) is 14.2. The van der Waals surface area contributed by atoms with Crippen LogP contribution in [0.5, 0.6) is 0 Å². The van der Waals surface area contributed by atoms with E-state index in [4.69, 9.17) is 0 Å². The monoisotopic (exact) mass is 325 g/mol. The van der Waals surface area contributed by atoms with E-state index in [1.165, 1.54) is 23.2 Å². The van der Waals surface area contributed by atoms with E-state index >= 15 is 0 Å². The molecule has 2 N–H and O–H groups in total. The number of benzene rings is 1. The van der Waals surface area contributed by atoms with Gasteiger partial charge in [-0.2, -0.15) is 0 Å². The zero-order valence-electron chi connectivity index (χ0n) is 13.4. The molecule has 0 spiro atoms. The number of hydrogen-bond donors (Lipinski definition) is 2. The predicted octanol–water partition coefficient (Wildman–Crippen LogP) is 1.96. The molecule has 0 radical (unpaired) electrons. The van der Waals surface area contributed by atoms with Crippen LogP contribution in [0.1, 0.15) is 24.5 Å². The molecule has 2 aliphatic rings. The standard InChI is InChI=1S/C17H27N3O.ClH/c1-14(13-21)20-9-3-8-19(10-11-20)12-16-5-2-4-15-6-7-18-17(15)16;/h2,4-5,14,18,21H,3,6-13H2,1H3;1H. The second-order valence-electron chi connectivity index (χ2n) is 6.33. The van der Waals surface area contributed by atoms with Crippen LogP contribution in [0.4, 0.5) is 5.69 Å². The van der Waals surface area contributed by atoms with Crippen LogP contribution in [0.25, 0.3) is 0 Å². The van der Waals surface area contributed by atoms with Gasteiger partial charge in [-0.05, 0) is 44.0 Å². The molecule has 1 atom stereocenters. The van der Waals surface area contributed by atoms with Crippen LogP contribution in [0.3, 0.4) is 0 Å². The Hall–Kier alpha value is -0.810. The molecule has 2 heterocycles. The third-order valence-corrected chi connectivity index (χ3v) is 4.84. The number of anilines is 1. The van der Waals surface area contributed by atoms with Crippen LogP contribution < -0.4 is 5.32 Å². The lowest BCUT2D eigenvalue weighted by atomic mass is 10.1. The highest BCUT2D eigenvalue weighted by atomic mass is 35.5. The van der Waals surface area contributed by atoms with Crippen LogP contribution in [0.15, 0.2) is 18.2 Å². The minimum Gasteiger partial charge on any atom is -0.395 e. The molecule has 0 saturated carbocycles. The molecule has 1 saturated heterocycles. The fourth-order valence-electron chi connectivity index (χ4n) is 3.49. The van der Waals surface area contributed by atoms with E-state index in [9.17, 15) is 5.11 Å². The summed E-state index contributed by atoms with van der Waals surface area (Å²) in [5.74, 6) is 0. The van der Waals surface area contributed by atoms with Gasteiger partial charge in [0.1, 0.15) is 0 Å². The van der Waals surface area contributed by atoms with Crippen molar-refractivity contribution in [3.05, 3.63) is 29.3 Å². The molecule has 0 amide bonds. The SMILES string of the molecule is CC(CO)N1CCCN(Cc2cccc3c2NCC3)CC1.Cl. The number of nitrogens with one attached hydrogen (secondary N) is 1. The van der Waals surface area contributed by atoms with Crippen molar-refractivity contribution >= 4 is 18.1 Å². The third-order valence-electron chi connectivity index (χ3n) is 4.84. The van der Waals surface area contributed by atoms with Crippen LogP contribution in [0, 0.1) is 0 Å². The topological polar surface area (TPSA) is 38.7 Å². The van der Waals surface area contributed by atoms with Crippen LogP contribution in [-0.2, 0) is 13.0 Å². The predicted molar refractivity (Wildman–Crippen MR) is 93.9 cm³/mol. The first kappa shape index (κ1) is 17.5. The molecule has 0 aromatic heterocycles. The van der Waals surface area contributed by atoms with E-state index in [2.05, 4.69) is 40.2 Å². The lowest BCUT2D eigenvalue weighted by Crippen LogP contribution is -2.38. The summed E-state index contributed by atoms with van der Waals surface area (Å²) in [6.07, 6.45) is 2.34. The molecule has 4 nitrogen and oxygen atoms in total. The van der Waals surface area contributed by atoms with Crippen molar-refractivity contribution in [3.8, 4) is 0 Å². The number of rotatable bonds is 4. The Morgan fingerprint density at radius 1 is 1.23 bits per heavy atom. The lowest BCUT2D eigenvalue weighted by Gasteiger charge is -2.26. The lowest BCUT2D eigenvalue weighted by molar-refractivity contribution is 0.136. The van der Waals surface area contributed by atoms with Gasteiger partial charge in [0.15, 0.2) is 0 Å². The highest BCUT2D eigenvalue weighted by Gasteiger charge is 2.20. The Bertz CT molecular complexity index is 483. The van der Waals surface area contributed by atoms with E-state index in [0.717, 1.165) is 45.7 Å². The average Bonchev–Trinajstić information content (AvgIpc) is 2.87. The van der Waals surface area contributed by atoms with Gasteiger partial charge in [0.2, 0.25) is 0 Å². The molecule has 22 heavy (non-hydrogen) atoms. The minimum absolute atomic E-state index is 0. The van der Waals surface area contributed by atoms with Gasteiger partial charge in [-0.1, -0.05) is 18.2 Å². The number of para-hydroxylation sites is 1. The highest BCUT2D eigenvalue weighted by Crippen LogP contribution is 2.27. The first-order chi connectivity index (χ1) is 10.3. The van der Waals surface area contributed by atoms with Crippen molar-refractivity contribution in [1.82, 2.24) is 9.80 Å². The van der Waals surface area contributed by atoms with Crippen molar-refractivity contribution in [2.75, 3.05) is 44.6 Å². The van der Waals surface area contributed by atoms with E-state index in [1.807, 2.05) is 0 Å². The number of fused-ring (bicyclic) bond motifs is 1. The smallest absolute Gasteiger partial charge is 0.0584 e. The molecule has 0 aliphatic carbocycles. The summed E-state index contributed by atoms with van der Waals surface area (Å²) in [4.78, 5) is 4.97. The van der Waals surface area contributed by atoms with Gasteiger partial charge in [0.25, 0.3) is 0 Å². The second-order valence-corrected chi connectivity index (χ2v) is 6.33. The first-order valence-corrected chi connectivity index (χ1v) is 8.20. The second kappa shape index (κ2) is 8.16. The zero-order chi connectivity index (χ0) is 14.7. The van der Waals surface area contributed by atoms with Crippen molar-refractivity contribution in [2.24, 2.45) is 0 Å². The molecule has 1 aromatic carbocycles. The van der Waals surface area contributed by atoms with Crippen molar-refractivity contribution in [2.45, 2.75) is 32.4 Å². The Morgan fingerprint density at radius 3 is 2.91 bits per heavy atom. The van der Waals surface area contributed by atoms with E-state index in [-0.39, 0.29) is 25.1 Å². The van der Waals surface area contributed by atoms with Crippen LogP contribution >= 0.6 is 12.4 Å². The molecular formula is C17H28ClN3O. The molecule has 1 unspecified atom stereocenters. The minimum atomic E-state index is 0. The molecule has 0 bridgehead atoms. The third kappa shape index (κ3) is 3.93. The Labute approximate surface area is 139 Å². The van der Waals surface area contributed by atoms with Gasteiger partial charge < -0.3 is 10.4 Å². The van der Waals surface area contributed by atoms with Crippen LogP contribution in [-0.4, -0.2) is 60.3 Å². The largest absolute Gasteiger partial charge is 0.395 e. The maximum atomic E-state index is 9.32.